The molecular weight excluding hydrogens is 375 g/mol. The minimum atomic E-state index is -0.253. The summed E-state index contributed by atoms with van der Waals surface area (Å²) in [7, 11) is 0. The predicted octanol–water partition coefficient (Wildman–Crippen LogP) is 3.98. The van der Waals surface area contributed by atoms with E-state index < -0.39 is 0 Å². The fourth-order valence-corrected chi connectivity index (χ4v) is 3.00. The number of aromatic nitrogens is 3. The van der Waals surface area contributed by atoms with Gasteiger partial charge in [0.05, 0.1) is 5.75 Å². The monoisotopic (exact) mass is 390 g/mol. The Labute approximate surface area is 159 Å². The Balaban J connectivity index is 1.50. The van der Waals surface area contributed by atoms with Crippen molar-refractivity contribution in [1.82, 2.24) is 20.5 Å². The van der Waals surface area contributed by atoms with Gasteiger partial charge in [-0.05, 0) is 48.4 Å². The number of rotatable bonds is 6. The first-order valence-electron chi connectivity index (χ1n) is 7.84. The Bertz CT molecular complexity index is 914. The van der Waals surface area contributed by atoms with Gasteiger partial charge < -0.3 is 5.32 Å². The van der Waals surface area contributed by atoms with Crippen molar-refractivity contribution in [3.05, 3.63) is 64.4 Å². The van der Waals surface area contributed by atoms with E-state index in [9.17, 15) is 9.18 Å². The van der Waals surface area contributed by atoms with Crippen LogP contribution in [-0.4, -0.2) is 26.8 Å². The summed E-state index contributed by atoms with van der Waals surface area (Å²) in [5.41, 5.74) is 2.27. The van der Waals surface area contributed by atoms with Crippen molar-refractivity contribution in [2.75, 3.05) is 5.75 Å². The highest BCUT2D eigenvalue weighted by molar-refractivity contribution is 7.99. The minimum Gasteiger partial charge on any atom is -0.351 e. The molecule has 0 saturated carbocycles. The maximum atomic E-state index is 13.2. The summed E-state index contributed by atoms with van der Waals surface area (Å²) < 4.78 is 13.2. The van der Waals surface area contributed by atoms with Crippen molar-refractivity contribution < 1.29 is 9.18 Å². The molecule has 0 aliphatic rings. The normalized spacial score (nSPS) is 10.7. The molecule has 0 aliphatic carbocycles. The molecule has 1 heterocycles. The molecule has 0 bridgehead atoms. The number of aromatic amines is 1. The van der Waals surface area contributed by atoms with Gasteiger partial charge in [-0.15, -0.1) is 5.10 Å². The molecule has 0 spiro atoms. The second-order valence-corrected chi connectivity index (χ2v) is 7.00. The summed E-state index contributed by atoms with van der Waals surface area (Å²) in [6, 6.07) is 12.0. The second-order valence-electron chi connectivity index (χ2n) is 5.62. The number of hydrogen-bond donors (Lipinski definition) is 2. The van der Waals surface area contributed by atoms with Gasteiger partial charge >= 0.3 is 0 Å². The highest BCUT2D eigenvalue weighted by Crippen LogP contribution is 2.20. The topological polar surface area (TPSA) is 70.7 Å². The first kappa shape index (κ1) is 18.4. The number of hydrogen-bond acceptors (Lipinski definition) is 4. The van der Waals surface area contributed by atoms with E-state index >= 15 is 0 Å². The van der Waals surface area contributed by atoms with Crippen molar-refractivity contribution in [1.29, 1.82) is 0 Å². The van der Waals surface area contributed by atoms with Crippen LogP contribution < -0.4 is 5.32 Å². The lowest BCUT2D eigenvalue weighted by Gasteiger charge is -2.05. The van der Waals surface area contributed by atoms with E-state index in [4.69, 9.17) is 11.6 Å². The van der Waals surface area contributed by atoms with Gasteiger partial charge in [-0.2, -0.15) is 0 Å². The summed E-state index contributed by atoms with van der Waals surface area (Å²) in [6.07, 6.45) is 0. The molecule has 5 nitrogen and oxygen atoms in total. The molecule has 1 aromatic heterocycles. The van der Waals surface area contributed by atoms with Gasteiger partial charge in [0, 0.05) is 17.1 Å². The molecule has 0 radical (unpaired) electrons. The molecule has 134 valence electrons. The van der Waals surface area contributed by atoms with Crippen LogP contribution in [0.15, 0.2) is 47.6 Å². The van der Waals surface area contributed by atoms with E-state index in [0.717, 1.165) is 11.1 Å². The Kier molecular flexibility index (Phi) is 5.90. The summed E-state index contributed by atoms with van der Waals surface area (Å²) in [5, 5.41) is 10.9. The maximum absolute atomic E-state index is 13.2. The van der Waals surface area contributed by atoms with Crippen LogP contribution in [0.5, 0.6) is 0 Å². The molecular formula is C18H16ClFN4OS. The number of carbonyl (C=O) groups is 1. The van der Waals surface area contributed by atoms with E-state index in [1.54, 1.807) is 31.2 Å². The van der Waals surface area contributed by atoms with Crippen molar-refractivity contribution in [2.24, 2.45) is 0 Å². The third kappa shape index (κ3) is 4.83. The van der Waals surface area contributed by atoms with Crippen molar-refractivity contribution in [3.8, 4) is 11.4 Å². The van der Waals surface area contributed by atoms with Crippen molar-refractivity contribution >= 4 is 29.3 Å². The van der Waals surface area contributed by atoms with Crippen LogP contribution in [0, 0.1) is 12.7 Å². The highest BCUT2D eigenvalue weighted by Gasteiger charge is 2.09. The lowest BCUT2D eigenvalue weighted by molar-refractivity contribution is -0.118. The number of amides is 1. The minimum absolute atomic E-state index is 0.144. The zero-order valence-electron chi connectivity index (χ0n) is 13.9. The molecule has 2 N–H and O–H groups in total. The predicted molar refractivity (Wildman–Crippen MR) is 101 cm³/mol. The molecule has 2 aromatic carbocycles. The van der Waals surface area contributed by atoms with E-state index in [0.29, 0.717) is 28.1 Å². The van der Waals surface area contributed by atoms with E-state index in [1.165, 1.54) is 17.8 Å². The number of halogens is 2. The zero-order valence-corrected chi connectivity index (χ0v) is 15.5. The van der Waals surface area contributed by atoms with Crippen LogP contribution in [-0.2, 0) is 11.3 Å². The molecule has 8 heteroatoms. The van der Waals surface area contributed by atoms with Crippen molar-refractivity contribution in [3.63, 3.8) is 0 Å². The molecule has 3 aromatic rings. The number of carbonyl (C=O) groups excluding carboxylic acids is 1. The standard InChI is InChI=1S/C18H16ClFN4OS/c1-11-8-12(2-7-15(11)20)9-21-16(25)10-26-18-22-17(23-24-18)13-3-5-14(19)6-4-13/h2-8H,9-10H2,1H3,(H,21,25)(H,22,23,24). The third-order valence-electron chi connectivity index (χ3n) is 3.63. The first-order valence-corrected chi connectivity index (χ1v) is 9.20. The van der Waals surface area contributed by atoms with Crippen LogP contribution in [0.3, 0.4) is 0 Å². The average molecular weight is 391 g/mol. The third-order valence-corrected chi connectivity index (χ3v) is 4.73. The number of H-pyrrole nitrogens is 1. The van der Waals surface area contributed by atoms with E-state index in [-0.39, 0.29) is 17.5 Å². The first-order chi connectivity index (χ1) is 12.5. The summed E-state index contributed by atoms with van der Waals surface area (Å²) in [4.78, 5) is 16.3. The zero-order chi connectivity index (χ0) is 18.5. The molecule has 1 amide bonds. The lowest BCUT2D eigenvalue weighted by atomic mass is 10.1. The van der Waals surface area contributed by atoms with Gasteiger partial charge in [0.15, 0.2) is 5.82 Å². The molecule has 0 aliphatic heterocycles. The number of nitrogens with one attached hydrogen (secondary N) is 2. The molecule has 26 heavy (non-hydrogen) atoms. The quantitative estimate of drug-likeness (QED) is 0.624. The van der Waals surface area contributed by atoms with E-state index in [2.05, 4.69) is 20.5 Å². The van der Waals surface area contributed by atoms with Gasteiger partial charge in [-0.3, -0.25) is 9.89 Å². The van der Waals surface area contributed by atoms with Gasteiger partial charge in [0.1, 0.15) is 5.82 Å². The average Bonchev–Trinajstić information content (AvgIpc) is 3.10. The number of aryl methyl sites for hydroxylation is 1. The number of nitrogens with zero attached hydrogens (tertiary/aromatic N) is 2. The Morgan fingerprint density at radius 2 is 2.04 bits per heavy atom. The maximum Gasteiger partial charge on any atom is 0.230 e. The Morgan fingerprint density at radius 3 is 2.77 bits per heavy atom. The van der Waals surface area contributed by atoms with Crippen LogP contribution in [0.4, 0.5) is 4.39 Å². The van der Waals surface area contributed by atoms with Gasteiger partial charge in [-0.1, -0.05) is 35.5 Å². The fraction of sp³-hybridized carbons (Fsp3) is 0.167. The Morgan fingerprint density at radius 1 is 1.27 bits per heavy atom. The number of thioether (sulfide) groups is 1. The van der Waals surface area contributed by atoms with E-state index in [1.807, 2.05) is 12.1 Å². The summed E-state index contributed by atoms with van der Waals surface area (Å²) in [6.45, 7) is 2.04. The molecule has 0 unspecified atom stereocenters. The summed E-state index contributed by atoms with van der Waals surface area (Å²) >= 11 is 7.10. The highest BCUT2D eigenvalue weighted by atomic mass is 35.5. The number of benzene rings is 2. The fourth-order valence-electron chi connectivity index (χ4n) is 2.25. The second kappa shape index (κ2) is 8.33. The van der Waals surface area contributed by atoms with Gasteiger partial charge in [-0.25, -0.2) is 9.37 Å². The lowest BCUT2D eigenvalue weighted by Crippen LogP contribution is -2.24. The van der Waals surface area contributed by atoms with Crippen LogP contribution in [0.25, 0.3) is 11.4 Å². The van der Waals surface area contributed by atoms with Crippen molar-refractivity contribution in [2.45, 2.75) is 18.6 Å². The molecule has 0 atom stereocenters. The van der Waals surface area contributed by atoms with Crippen LogP contribution in [0.1, 0.15) is 11.1 Å². The van der Waals surface area contributed by atoms with Crippen LogP contribution >= 0.6 is 23.4 Å². The SMILES string of the molecule is Cc1cc(CNC(=O)CSc2n[nH]c(-c3ccc(Cl)cc3)n2)ccc1F. The van der Waals surface area contributed by atoms with Crippen LogP contribution in [0.2, 0.25) is 5.02 Å². The molecule has 3 rings (SSSR count). The molecule has 0 saturated heterocycles. The van der Waals surface area contributed by atoms with Gasteiger partial charge in [0.2, 0.25) is 11.1 Å². The Hall–Kier alpha value is -2.38. The smallest absolute Gasteiger partial charge is 0.230 e. The molecule has 0 fully saturated rings. The van der Waals surface area contributed by atoms with Gasteiger partial charge in [0.25, 0.3) is 0 Å². The summed E-state index contributed by atoms with van der Waals surface area (Å²) in [5.74, 6) is 0.413. The largest absolute Gasteiger partial charge is 0.351 e.